The number of nitrogens with zero attached hydrogens (tertiary/aromatic N) is 6. The molecule has 13 heteroatoms. The molecule has 4 aromatic rings. The van der Waals surface area contributed by atoms with Crippen LogP contribution in [0.4, 0.5) is 17.3 Å². The molecule has 3 aromatic heterocycles. The predicted octanol–water partition coefficient (Wildman–Crippen LogP) is 3.70. The van der Waals surface area contributed by atoms with Gasteiger partial charge in [0.05, 0.1) is 63.0 Å². The predicted molar refractivity (Wildman–Crippen MR) is 165 cm³/mol. The average molecular weight is 608 g/mol. The molecular formula is C30H37N7O5S. The number of pyridine rings is 2. The van der Waals surface area contributed by atoms with Gasteiger partial charge in [-0.15, -0.1) is 0 Å². The molecule has 1 amide bonds. The van der Waals surface area contributed by atoms with Gasteiger partial charge in [-0.25, -0.2) is 23.1 Å². The Bertz CT molecular complexity index is 1770. The van der Waals surface area contributed by atoms with E-state index in [1.165, 1.54) is 0 Å². The van der Waals surface area contributed by atoms with Crippen LogP contribution in [-0.4, -0.2) is 61.4 Å². The van der Waals surface area contributed by atoms with Crippen LogP contribution < -0.4 is 24.0 Å². The molecule has 1 saturated carbocycles. The van der Waals surface area contributed by atoms with Crippen LogP contribution in [0.3, 0.4) is 0 Å². The Morgan fingerprint density at radius 1 is 1.12 bits per heavy atom. The molecule has 1 fully saturated rings. The van der Waals surface area contributed by atoms with E-state index in [-0.39, 0.29) is 24.9 Å². The normalized spacial score (nSPS) is 13.3. The summed E-state index contributed by atoms with van der Waals surface area (Å²) >= 11 is 0. The van der Waals surface area contributed by atoms with E-state index in [9.17, 15) is 13.2 Å². The van der Waals surface area contributed by atoms with Crippen LogP contribution in [0.5, 0.6) is 11.5 Å². The highest BCUT2D eigenvalue weighted by Gasteiger charge is 2.36. The van der Waals surface area contributed by atoms with E-state index in [0.29, 0.717) is 40.8 Å². The number of imidazole rings is 1. The third-order valence-electron chi connectivity index (χ3n) is 7.58. The van der Waals surface area contributed by atoms with Crippen molar-refractivity contribution < 1.29 is 22.7 Å². The number of anilines is 3. The van der Waals surface area contributed by atoms with Crippen molar-refractivity contribution in [2.24, 2.45) is 13.0 Å². The summed E-state index contributed by atoms with van der Waals surface area (Å²) < 4.78 is 38.6. The summed E-state index contributed by atoms with van der Waals surface area (Å²) in [5, 5.41) is 0. The number of carbonyl (C=O) groups excluding carboxylic acids is 1. The minimum Gasteiger partial charge on any atom is -0.497 e. The van der Waals surface area contributed by atoms with Crippen molar-refractivity contribution in [1.29, 1.82) is 0 Å². The molecule has 228 valence electrons. The summed E-state index contributed by atoms with van der Waals surface area (Å²) in [6.45, 7) is 2.38. The fourth-order valence-corrected chi connectivity index (χ4v) is 5.38. The zero-order chi connectivity index (χ0) is 30.9. The first kappa shape index (κ1) is 30.2. The number of sulfonamides is 1. The quantitative estimate of drug-likeness (QED) is 0.256. The summed E-state index contributed by atoms with van der Waals surface area (Å²) in [4.78, 5) is 31.7. The minimum absolute atomic E-state index is 0.00392. The van der Waals surface area contributed by atoms with Gasteiger partial charge in [0.2, 0.25) is 15.9 Å². The van der Waals surface area contributed by atoms with E-state index in [0.717, 1.165) is 41.4 Å². The number of hydrogen-bond donors (Lipinski definition) is 1. The molecule has 1 N–H and O–H groups in total. The first-order valence-corrected chi connectivity index (χ1v) is 15.9. The van der Waals surface area contributed by atoms with E-state index in [1.54, 1.807) is 37.7 Å². The Labute approximate surface area is 251 Å². The van der Waals surface area contributed by atoms with Crippen LogP contribution in [0.1, 0.15) is 36.6 Å². The maximum absolute atomic E-state index is 13.8. The summed E-state index contributed by atoms with van der Waals surface area (Å²) in [7, 11) is 3.65. The van der Waals surface area contributed by atoms with Crippen molar-refractivity contribution >= 4 is 44.3 Å². The summed E-state index contributed by atoms with van der Waals surface area (Å²) in [5.74, 6) is 2.29. The highest BCUT2D eigenvalue weighted by Crippen LogP contribution is 2.38. The monoisotopic (exact) mass is 607 g/mol. The van der Waals surface area contributed by atoms with Crippen LogP contribution in [0.2, 0.25) is 0 Å². The molecule has 0 unspecified atom stereocenters. The van der Waals surface area contributed by atoms with Crippen LogP contribution in [-0.2, 0) is 41.4 Å². The van der Waals surface area contributed by atoms with Crippen molar-refractivity contribution in [1.82, 2.24) is 24.2 Å². The topological polar surface area (TPSA) is 132 Å². The standard InChI is InChI=1S/C30H37N7O5S/c1-7-19-12-22(15-33-43(6,39)40)31-16-25(19)36(3)27-14-24-28(32-18-35(24)2)29(34-27)37(30(38)20-8-9-20)17-21-10-11-23(41-4)13-26(21)42-5/h10-14,16,18,20,33H,7-9,15,17H2,1-6H3. The zero-order valence-electron chi connectivity index (χ0n) is 25.3. The van der Waals surface area contributed by atoms with E-state index in [4.69, 9.17) is 14.5 Å². The number of rotatable bonds is 12. The molecule has 0 spiro atoms. The molecular weight excluding hydrogens is 570 g/mol. The summed E-state index contributed by atoms with van der Waals surface area (Å²) in [5.41, 5.74) is 4.68. The fraction of sp³-hybridized carbons (Fsp3) is 0.400. The van der Waals surface area contributed by atoms with Gasteiger partial charge < -0.3 is 18.9 Å². The second-order valence-corrected chi connectivity index (χ2v) is 12.5. The molecule has 0 radical (unpaired) electrons. The Morgan fingerprint density at radius 3 is 2.53 bits per heavy atom. The molecule has 0 saturated heterocycles. The average Bonchev–Trinajstić information content (AvgIpc) is 3.79. The molecule has 0 atom stereocenters. The van der Waals surface area contributed by atoms with E-state index >= 15 is 0 Å². The van der Waals surface area contributed by atoms with Crippen molar-refractivity contribution in [2.45, 2.75) is 39.3 Å². The Hall–Kier alpha value is -4.23. The molecule has 3 heterocycles. The van der Waals surface area contributed by atoms with Gasteiger partial charge in [0.1, 0.15) is 22.8 Å². The van der Waals surface area contributed by atoms with Crippen LogP contribution in [0.25, 0.3) is 11.0 Å². The Morgan fingerprint density at radius 2 is 1.88 bits per heavy atom. The molecule has 0 aliphatic heterocycles. The van der Waals surface area contributed by atoms with Gasteiger partial charge in [-0.05, 0) is 43.0 Å². The largest absolute Gasteiger partial charge is 0.497 e. The van der Waals surface area contributed by atoms with Crippen LogP contribution in [0, 0.1) is 5.92 Å². The van der Waals surface area contributed by atoms with Crippen molar-refractivity contribution in [3.8, 4) is 11.5 Å². The molecule has 12 nitrogen and oxygen atoms in total. The molecule has 1 aliphatic carbocycles. The number of carbonyl (C=O) groups is 1. The van der Waals surface area contributed by atoms with Gasteiger partial charge in [0.25, 0.3) is 0 Å². The van der Waals surface area contributed by atoms with E-state index < -0.39 is 10.0 Å². The second-order valence-electron chi connectivity index (χ2n) is 10.7. The molecule has 43 heavy (non-hydrogen) atoms. The van der Waals surface area contributed by atoms with Gasteiger partial charge in [-0.1, -0.05) is 6.92 Å². The number of aryl methyl sites for hydroxylation is 2. The van der Waals surface area contributed by atoms with Crippen molar-refractivity contribution in [3.63, 3.8) is 0 Å². The lowest BCUT2D eigenvalue weighted by Gasteiger charge is -2.26. The number of amides is 1. The molecule has 1 aliphatic rings. The SMILES string of the molecule is CCc1cc(CNS(C)(=O)=O)ncc1N(C)c1cc2c(ncn2C)c(N(Cc2ccc(OC)cc2OC)C(=O)C2CC2)n1. The lowest BCUT2D eigenvalue weighted by Crippen LogP contribution is -2.33. The maximum atomic E-state index is 13.8. The van der Waals surface area contributed by atoms with Gasteiger partial charge in [-0.3, -0.25) is 14.7 Å². The number of aromatic nitrogens is 4. The second kappa shape index (κ2) is 12.2. The van der Waals surface area contributed by atoms with Crippen molar-refractivity contribution in [3.05, 3.63) is 59.7 Å². The highest BCUT2D eigenvalue weighted by molar-refractivity contribution is 7.88. The maximum Gasteiger partial charge on any atom is 0.231 e. The Kier molecular flexibility index (Phi) is 8.56. The van der Waals surface area contributed by atoms with E-state index in [1.807, 2.05) is 54.8 Å². The molecule has 0 bridgehead atoms. The fourth-order valence-electron chi connectivity index (χ4n) is 4.97. The van der Waals surface area contributed by atoms with Gasteiger partial charge in [0.15, 0.2) is 5.82 Å². The van der Waals surface area contributed by atoms with Crippen LogP contribution >= 0.6 is 0 Å². The van der Waals surface area contributed by atoms with Gasteiger partial charge >= 0.3 is 0 Å². The number of hydrogen-bond acceptors (Lipinski definition) is 9. The number of methoxy groups -OCH3 is 2. The number of fused-ring (bicyclic) bond motifs is 1. The lowest BCUT2D eigenvalue weighted by atomic mass is 10.1. The first-order chi connectivity index (χ1) is 20.5. The van der Waals surface area contributed by atoms with Gasteiger partial charge in [-0.2, -0.15) is 0 Å². The number of benzene rings is 1. The minimum atomic E-state index is -3.35. The third-order valence-corrected chi connectivity index (χ3v) is 8.24. The van der Waals surface area contributed by atoms with Gasteiger partial charge in [0, 0.05) is 37.7 Å². The molecule has 1 aromatic carbocycles. The summed E-state index contributed by atoms with van der Waals surface area (Å²) in [6.07, 6.45) is 6.94. The smallest absolute Gasteiger partial charge is 0.231 e. The summed E-state index contributed by atoms with van der Waals surface area (Å²) in [6, 6.07) is 9.39. The van der Waals surface area contributed by atoms with E-state index in [2.05, 4.69) is 14.7 Å². The lowest BCUT2D eigenvalue weighted by molar-refractivity contribution is -0.119. The Balaban J connectivity index is 1.58. The van der Waals surface area contributed by atoms with Crippen molar-refractivity contribution in [2.75, 3.05) is 37.3 Å². The third kappa shape index (κ3) is 6.57. The first-order valence-electron chi connectivity index (χ1n) is 14.0. The van der Waals surface area contributed by atoms with Crippen LogP contribution in [0.15, 0.2) is 42.9 Å². The number of ether oxygens (including phenoxy) is 2. The number of nitrogens with one attached hydrogen (secondary N) is 1. The molecule has 5 rings (SSSR count). The highest BCUT2D eigenvalue weighted by atomic mass is 32.2. The zero-order valence-corrected chi connectivity index (χ0v) is 26.1.